The van der Waals surface area contributed by atoms with Crippen molar-refractivity contribution >= 4 is 17.0 Å². The zero-order valence-electron chi connectivity index (χ0n) is 12.0. The minimum Gasteiger partial charge on any atom is -0.421 e. The molecule has 104 valence electrons. The van der Waals surface area contributed by atoms with Gasteiger partial charge in [-0.1, -0.05) is 26.5 Å². The average molecular weight is 270 g/mol. The van der Waals surface area contributed by atoms with Gasteiger partial charge < -0.3 is 4.74 Å². The third-order valence-corrected chi connectivity index (χ3v) is 3.33. The Labute approximate surface area is 118 Å². The molecule has 0 saturated heterocycles. The van der Waals surface area contributed by atoms with Gasteiger partial charge in [-0.3, -0.25) is 0 Å². The maximum Gasteiger partial charge on any atom is 0.335 e. The Morgan fingerprint density at radius 2 is 2.20 bits per heavy atom. The molecule has 1 unspecified atom stereocenters. The normalized spacial score (nSPS) is 12.2. The highest BCUT2D eigenvalue weighted by molar-refractivity contribution is 5.90. The molecular weight excluding hydrogens is 252 g/mol. The molecule has 0 aliphatic carbocycles. The van der Waals surface area contributed by atoms with Crippen LogP contribution in [0.1, 0.15) is 37.4 Å². The van der Waals surface area contributed by atoms with E-state index in [-0.39, 0.29) is 0 Å². The number of esters is 1. The predicted octanol–water partition coefficient (Wildman–Crippen LogP) is 3.54. The number of carbonyl (C=O) groups excluding carboxylic acids is 1. The second kappa shape index (κ2) is 5.82. The molecule has 0 bridgehead atoms. The molecule has 20 heavy (non-hydrogen) atoms. The van der Waals surface area contributed by atoms with Gasteiger partial charge in [-0.05, 0) is 30.9 Å². The van der Waals surface area contributed by atoms with Crippen LogP contribution in [0.2, 0.25) is 0 Å². The van der Waals surface area contributed by atoms with Crippen molar-refractivity contribution in [1.82, 2.24) is 9.97 Å². The fourth-order valence-corrected chi connectivity index (χ4v) is 2.03. The lowest BCUT2D eigenvalue weighted by Crippen LogP contribution is -2.06. The van der Waals surface area contributed by atoms with Crippen LogP contribution in [0.15, 0.2) is 31.0 Å². The molecule has 4 heteroatoms. The summed E-state index contributed by atoms with van der Waals surface area (Å²) in [5.41, 5.74) is 3.38. The lowest BCUT2D eigenvalue weighted by molar-refractivity contribution is -0.128. The van der Waals surface area contributed by atoms with Crippen LogP contribution in [0.5, 0.6) is 5.75 Å². The Hall–Kier alpha value is -2.23. The SMILES string of the molecule is C=CC(=O)Oc1ccc(C(C)CC)c2nc(C)cnc12. The van der Waals surface area contributed by atoms with E-state index in [0.717, 1.165) is 29.3 Å². The summed E-state index contributed by atoms with van der Waals surface area (Å²) >= 11 is 0. The minimum absolute atomic E-state index is 0.373. The molecule has 0 spiro atoms. The van der Waals surface area contributed by atoms with E-state index >= 15 is 0 Å². The summed E-state index contributed by atoms with van der Waals surface area (Å²) in [5, 5.41) is 0. The largest absolute Gasteiger partial charge is 0.421 e. The number of fused-ring (bicyclic) bond motifs is 1. The molecule has 0 fully saturated rings. The second-order valence-corrected chi connectivity index (χ2v) is 4.80. The number of nitrogens with zero attached hydrogens (tertiary/aromatic N) is 2. The number of carbonyl (C=O) groups is 1. The van der Waals surface area contributed by atoms with Gasteiger partial charge in [-0.2, -0.15) is 0 Å². The maximum atomic E-state index is 11.4. The van der Waals surface area contributed by atoms with Crippen LogP contribution < -0.4 is 4.74 Å². The molecule has 1 atom stereocenters. The van der Waals surface area contributed by atoms with E-state index in [1.807, 2.05) is 13.0 Å². The van der Waals surface area contributed by atoms with Crippen molar-refractivity contribution in [2.75, 3.05) is 0 Å². The summed E-state index contributed by atoms with van der Waals surface area (Å²) in [6.45, 7) is 9.57. The van der Waals surface area contributed by atoms with Gasteiger partial charge >= 0.3 is 5.97 Å². The zero-order chi connectivity index (χ0) is 14.7. The molecule has 1 heterocycles. The van der Waals surface area contributed by atoms with Gasteiger partial charge in [0.05, 0.1) is 11.2 Å². The van der Waals surface area contributed by atoms with Gasteiger partial charge in [-0.25, -0.2) is 14.8 Å². The summed E-state index contributed by atoms with van der Waals surface area (Å²) < 4.78 is 5.23. The molecule has 1 aromatic heterocycles. The van der Waals surface area contributed by atoms with Crippen LogP contribution in [0, 0.1) is 6.92 Å². The fourth-order valence-electron chi connectivity index (χ4n) is 2.03. The van der Waals surface area contributed by atoms with Crippen LogP contribution in [-0.2, 0) is 4.79 Å². The number of aryl methyl sites for hydroxylation is 1. The lowest BCUT2D eigenvalue weighted by Gasteiger charge is -2.14. The zero-order valence-corrected chi connectivity index (χ0v) is 12.0. The molecule has 0 N–H and O–H groups in total. The Morgan fingerprint density at radius 3 is 2.85 bits per heavy atom. The number of ether oxygens (including phenoxy) is 1. The van der Waals surface area contributed by atoms with Gasteiger partial charge in [0, 0.05) is 12.3 Å². The van der Waals surface area contributed by atoms with Crippen LogP contribution >= 0.6 is 0 Å². The van der Waals surface area contributed by atoms with Crippen LogP contribution in [0.4, 0.5) is 0 Å². The maximum absolute atomic E-state index is 11.4. The summed E-state index contributed by atoms with van der Waals surface area (Å²) in [6, 6.07) is 3.73. The van der Waals surface area contributed by atoms with Gasteiger partial charge in [0.1, 0.15) is 5.52 Å². The number of rotatable bonds is 4. The molecule has 2 aromatic rings. The first-order chi connectivity index (χ1) is 9.56. The number of hydrogen-bond donors (Lipinski definition) is 0. The molecule has 0 aliphatic heterocycles. The molecule has 0 saturated carbocycles. The first-order valence-corrected chi connectivity index (χ1v) is 6.67. The highest BCUT2D eigenvalue weighted by Gasteiger charge is 2.15. The van der Waals surface area contributed by atoms with E-state index in [1.165, 1.54) is 0 Å². The third kappa shape index (κ3) is 2.69. The topological polar surface area (TPSA) is 52.1 Å². The Balaban J connectivity index is 2.63. The smallest absolute Gasteiger partial charge is 0.335 e. The number of benzene rings is 1. The van der Waals surface area contributed by atoms with Crippen molar-refractivity contribution in [2.24, 2.45) is 0 Å². The first-order valence-electron chi connectivity index (χ1n) is 6.67. The van der Waals surface area contributed by atoms with Crippen LogP contribution in [0.3, 0.4) is 0 Å². The Morgan fingerprint density at radius 1 is 1.45 bits per heavy atom. The molecule has 4 nitrogen and oxygen atoms in total. The number of aromatic nitrogens is 2. The summed E-state index contributed by atoms with van der Waals surface area (Å²) in [6.07, 6.45) is 3.82. The van der Waals surface area contributed by atoms with Crippen molar-refractivity contribution in [3.8, 4) is 5.75 Å². The van der Waals surface area contributed by atoms with E-state index < -0.39 is 5.97 Å². The molecule has 2 rings (SSSR count). The predicted molar refractivity (Wildman–Crippen MR) is 78.8 cm³/mol. The van der Waals surface area contributed by atoms with E-state index in [0.29, 0.717) is 17.2 Å². The van der Waals surface area contributed by atoms with Crippen LogP contribution in [0.25, 0.3) is 11.0 Å². The average Bonchev–Trinajstić information content (AvgIpc) is 2.46. The first kappa shape index (κ1) is 14.2. The third-order valence-electron chi connectivity index (χ3n) is 3.33. The van der Waals surface area contributed by atoms with Gasteiger partial charge in [0.15, 0.2) is 5.75 Å². The van der Waals surface area contributed by atoms with E-state index in [1.54, 1.807) is 12.3 Å². The Bertz CT molecular complexity index is 665. The molecular formula is C16H18N2O2. The Kier molecular flexibility index (Phi) is 4.13. The quantitative estimate of drug-likeness (QED) is 0.484. The molecule has 0 radical (unpaired) electrons. The highest BCUT2D eigenvalue weighted by atomic mass is 16.5. The van der Waals surface area contributed by atoms with E-state index in [9.17, 15) is 4.79 Å². The van der Waals surface area contributed by atoms with Crippen LogP contribution in [-0.4, -0.2) is 15.9 Å². The summed E-state index contributed by atoms with van der Waals surface area (Å²) in [4.78, 5) is 20.3. The highest BCUT2D eigenvalue weighted by Crippen LogP contribution is 2.31. The summed E-state index contributed by atoms with van der Waals surface area (Å²) in [5.74, 6) is 0.298. The molecule has 1 aromatic carbocycles. The van der Waals surface area contributed by atoms with Gasteiger partial charge in [-0.15, -0.1) is 0 Å². The lowest BCUT2D eigenvalue weighted by atomic mass is 9.97. The molecule has 0 aliphatic rings. The molecule has 0 amide bonds. The van der Waals surface area contributed by atoms with Crippen molar-refractivity contribution in [3.63, 3.8) is 0 Å². The second-order valence-electron chi connectivity index (χ2n) is 4.80. The minimum atomic E-state index is -0.495. The fraction of sp³-hybridized carbons (Fsp3) is 0.312. The van der Waals surface area contributed by atoms with Crippen molar-refractivity contribution < 1.29 is 9.53 Å². The van der Waals surface area contributed by atoms with E-state index in [2.05, 4.69) is 30.4 Å². The van der Waals surface area contributed by atoms with Crippen molar-refractivity contribution in [3.05, 3.63) is 42.2 Å². The van der Waals surface area contributed by atoms with Crippen molar-refractivity contribution in [1.29, 1.82) is 0 Å². The van der Waals surface area contributed by atoms with Gasteiger partial charge in [0.2, 0.25) is 0 Å². The van der Waals surface area contributed by atoms with E-state index in [4.69, 9.17) is 4.74 Å². The summed E-state index contributed by atoms with van der Waals surface area (Å²) in [7, 11) is 0. The number of hydrogen-bond acceptors (Lipinski definition) is 4. The van der Waals surface area contributed by atoms with Crippen molar-refractivity contribution in [2.45, 2.75) is 33.1 Å². The standard InChI is InChI=1S/C16H18N2O2/c1-5-10(3)12-7-8-13(20-14(19)6-2)16-15(12)18-11(4)9-17-16/h6-10H,2,5H2,1,3-4H3. The van der Waals surface area contributed by atoms with Gasteiger partial charge in [0.25, 0.3) is 0 Å². The monoisotopic (exact) mass is 270 g/mol.